The number of hydrogen-bond donors (Lipinski definition) is 4. The van der Waals surface area contributed by atoms with Gasteiger partial charge in [0, 0.05) is 36.3 Å². The standard InChI is InChI=1S/C37H54FN5O6S/c1-8-22(4)31(40-33(46)28-11-9-10-16-42(28)6)35(47)43(7)29(21(2)3)17-30(44)34-39-27(20-50-34)32(45)41-37(18-23(5)36(48)49)19-26(37)24-12-14-25(38)15-13-24/h12-15,20-23,26,28-31,44H,8-11,16-19H2,1-7H3,(H,40,46)(H,41,45)(H,48,49)/t22?,23-,26?,28+,29?,30+,31-,37-/m0/s1. The topological polar surface area (TPSA) is 152 Å². The second-order valence-corrected chi connectivity index (χ2v) is 15.7. The van der Waals surface area contributed by atoms with E-state index in [1.165, 1.54) is 12.1 Å². The van der Waals surface area contributed by atoms with Crippen LogP contribution in [-0.4, -0.2) is 93.0 Å². The van der Waals surface area contributed by atoms with Crippen LogP contribution in [0, 0.1) is 23.6 Å². The smallest absolute Gasteiger partial charge is 0.306 e. The van der Waals surface area contributed by atoms with Crippen LogP contribution in [-0.2, 0) is 14.4 Å². The van der Waals surface area contributed by atoms with Crippen molar-refractivity contribution in [1.29, 1.82) is 0 Å². The molecule has 0 spiro atoms. The number of nitrogens with one attached hydrogen (secondary N) is 2. The Kier molecular flexibility index (Phi) is 13.2. The number of aliphatic carboxylic acids is 1. The number of carbonyl (C=O) groups is 4. The molecule has 50 heavy (non-hydrogen) atoms. The van der Waals surface area contributed by atoms with Crippen LogP contribution in [0.4, 0.5) is 4.39 Å². The molecule has 1 aromatic carbocycles. The fourth-order valence-corrected chi connectivity index (χ4v) is 8.05. The highest BCUT2D eigenvalue weighted by atomic mass is 32.1. The van der Waals surface area contributed by atoms with Gasteiger partial charge in [0.15, 0.2) is 0 Å². The first kappa shape index (κ1) is 39.4. The Hall–Kier alpha value is -3.42. The minimum atomic E-state index is -1.06. The maximum Gasteiger partial charge on any atom is 0.306 e. The molecular weight excluding hydrogens is 662 g/mol. The second-order valence-electron chi connectivity index (χ2n) is 14.8. The van der Waals surface area contributed by atoms with Crippen molar-refractivity contribution >= 4 is 35.0 Å². The van der Waals surface area contributed by atoms with Crippen LogP contribution in [0.2, 0.25) is 0 Å². The molecule has 2 heterocycles. The number of amides is 3. The van der Waals surface area contributed by atoms with Gasteiger partial charge in [-0.15, -0.1) is 11.3 Å². The van der Waals surface area contributed by atoms with Crippen molar-refractivity contribution in [2.24, 2.45) is 17.8 Å². The maximum absolute atomic E-state index is 14.0. The van der Waals surface area contributed by atoms with E-state index in [0.717, 1.165) is 42.7 Å². The van der Waals surface area contributed by atoms with Gasteiger partial charge in [-0.3, -0.25) is 24.1 Å². The lowest BCUT2D eigenvalue weighted by Gasteiger charge is -2.38. The van der Waals surface area contributed by atoms with E-state index in [0.29, 0.717) is 17.8 Å². The van der Waals surface area contributed by atoms with Crippen LogP contribution < -0.4 is 10.6 Å². The molecule has 1 aliphatic heterocycles. The first-order valence-electron chi connectivity index (χ1n) is 17.8. The second kappa shape index (κ2) is 16.7. The molecule has 2 aliphatic rings. The number of aliphatic hydroxyl groups is 1. The number of carboxylic acid groups (broad SMARTS) is 1. The van der Waals surface area contributed by atoms with E-state index >= 15 is 0 Å². The largest absolute Gasteiger partial charge is 0.481 e. The number of benzene rings is 1. The number of aromatic nitrogens is 1. The van der Waals surface area contributed by atoms with Gasteiger partial charge in [-0.1, -0.05) is 59.6 Å². The summed E-state index contributed by atoms with van der Waals surface area (Å²) in [5.74, 6) is -3.21. The number of piperidine rings is 1. The van der Waals surface area contributed by atoms with Gasteiger partial charge >= 0.3 is 5.97 Å². The van der Waals surface area contributed by atoms with Crippen LogP contribution in [0.1, 0.15) is 113 Å². The highest BCUT2D eigenvalue weighted by Crippen LogP contribution is 2.55. The number of nitrogens with zero attached hydrogens (tertiary/aromatic N) is 3. The van der Waals surface area contributed by atoms with Crippen molar-refractivity contribution in [3.8, 4) is 0 Å². The van der Waals surface area contributed by atoms with Gasteiger partial charge in [0.2, 0.25) is 11.8 Å². The predicted octanol–water partition coefficient (Wildman–Crippen LogP) is 4.97. The Morgan fingerprint density at radius 1 is 1.14 bits per heavy atom. The third-order valence-electron chi connectivity index (χ3n) is 10.8. The fourth-order valence-electron chi connectivity index (χ4n) is 7.25. The van der Waals surface area contributed by atoms with E-state index in [2.05, 4.69) is 15.6 Å². The average Bonchev–Trinajstić information content (AvgIpc) is 3.52. The van der Waals surface area contributed by atoms with Gasteiger partial charge in [0.05, 0.1) is 12.0 Å². The average molecular weight is 716 g/mol. The molecule has 11 nitrogen and oxygen atoms in total. The summed E-state index contributed by atoms with van der Waals surface area (Å²) in [4.78, 5) is 60.7. The summed E-state index contributed by atoms with van der Waals surface area (Å²) in [6, 6.07) is 4.64. The zero-order valence-electron chi connectivity index (χ0n) is 30.3. The van der Waals surface area contributed by atoms with E-state index in [-0.39, 0.29) is 66.0 Å². The number of likely N-dealkylation sites (N-methyl/N-ethyl adjacent to an activating group) is 2. The van der Waals surface area contributed by atoms with Crippen molar-refractivity contribution in [2.75, 3.05) is 20.6 Å². The van der Waals surface area contributed by atoms with Crippen molar-refractivity contribution in [1.82, 2.24) is 25.4 Å². The third kappa shape index (κ3) is 9.27. The van der Waals surface area contributed by atoms with Crippen molar-refractivity contribution in [3.05, 3.63) is 51.7 Å². The summed E-state index contributed by atoms with van der Waals surface area (Å²) in [7, 11) is 3.65. The first-order valence-corrected chi connectivity index (χ1v) is 18.7. The molecule has 1 saturated heterocycles. The van der Waals surface area contributed by atoms with E-state index in [9.17, 15) is 33.8 Å². The molecule has 3 unspecified atom stereocenters. The van der Waals surface area contributed by atoms with E-state index < -0.39 is 35.5 Å². The number of thiazole rings is 1. The summed E-state index contributed by atoms with van der Waals surface area (Å²) in [6.07, 6.45) is 3.29. The van der Waals surface area contributed by atoms with Gasteiger partial charge in [-0.25, -0.2) is 9.37 Å². The van der Waals surface area contributed by atoms with Crippen LogP contribution in [0.3, 0.4) is 0 Å². The number of halogens is 1. The zero-order chi connectivity index (χ0) is 36.9. The summed E-state index contributed by atoms with van der Waals surface area (Å²) in [5, 5.41) is 28.9. The van der Waals surface area contributed by atoms with E-state index in [4.69, 9.17) is 0 Å². The van der Waals surface area contributed by atoms with Gasteiger partial charge in [0.1, 0.15) is 28.7 Å². The number of hydrogen-bond acceptors (Lipinski definition) is 8. The molecule has 0 bridgehead atoms. The van der Waals surface area contributed by atoms with Crippen molar-refractivity contribution < 1.29 is 33.8 Å². The molecule has 276 valence electrons. The molecule has 1 saturated carbocycles. The highest BCUT2D eigenvalue weighted by molar-refractivity contribution is 7.09. The Morgan fingerprint density at radius 3 is 2.42 bits per heavy atom. The molecule has 8 atom stereocenters. The Balaban J connectivity index is 1.45. The third-order valence-corrected chi connectivity index (χ3v) is 11.7. The quantitative estimate of drug-likeness (QED) is 0.190. The monoisotopic (exact) mass is 715 g/mol. The Bertz CT molecular complexity index is 1500. The predicted molar refractivity (Wildman–Crippen MR) is 190 cm³/mol. The van der Waals surface area contributed by atoms with Gasteiger partial charge in [0.25, 0.3) is 5.91 Å². The van der Waals surface area contributed by atoms with Gasteiger partial charge in [-0.05, 0) is 68.8 Å². The molecule has 2 fully saturated rings. The molecule has 2 aromatic rings. The number of carbonyl (C=O) groups excluding carboxylic acids is 3. The normalized spacial score (nSPS) is 23.7. The van der Waals surface area contributed by atoms with Crippen molar-refractivity contribution in [2.45, 2.75) is 115 Å². The fraction of sp³-hybridized carbons (Fsp3) is 0.649. The molecule has 1 aromatic heterocycles. The lowest BCUT2D eigenvalue weighted by Crippen LogP contribution is -2.58. The van der Waals surface area contributed by atoms with Crippen molar-refractivity contribution in [3.63, 3.8) is 0 Å². The molecule has 4 N–H and O–H groups in total. The number of likely N-dealkylation sites (tertiary alicyclic amines) is 1. The zero-order valence-corrected chi connectivity index (χ0v) is 31.1. The van der Waals surface area contributed by atoms with E-state index in [1.54, 1.807) is 36.4 Å². The van der Waals surface area contributed by atoms with Crippen LogP contribution >= 0.6 is 11.3 Å². The Labute approximate surface area is 299 Å². The highest BCUT2D eigenvalue weighted by Gasteiger charge is 2.57. The molecule has 1 aliphatic carbocycles. The first-order chi connectivity index (χ1) is 23.6. The molecule has 4 rings (SSSR count). The molecular formula is C37H54FN5O6S. The van der Waals surface area contributed by atoms with Gasteiger partial charge < -0.3 is 25.7 Å². The summed E-state index contributed by atoms with van der Waals surface area (Å²) >= 11 is 1.14. The molecule has 0 radical (unpaired) electrons. The minimum absolute atomic E-state index is 0.0339. The number of aliphatic hydroxyl groups excluding tert-OH is 1. The summed E-state index contributed by atoms with van der Waals surface area (Å²) in [5.41, 5.74) is 0.0944. The lowest BCUT2D eigenvalue weighted by atomic mass is 9.92. The molecule has 3 amide bonds. The summed E-state index contributed by atoms with van der Waals surface area (Å²) in [6.45, 7) is 10.3. The van der Waals surface area contributed by atoms with Gasteiger partial charge in [-0.2, -0.15) is 0 Å². The van der Waals surface area contributed by atoms with Crippen LogP contribution in [0.25, 0.3) is 0 Å². The number of carboxylic acids is 1. The SMILES string of the molecule is CCC(C)[C@H](NC(=O)[C@H]1CCCCN1C)C(=O)N(C)C(C[C@@H](O)c1nc(C(=O)N[C@@]2(C[C@H](C)C(=O)O)CC2c2ccc(F)cc2)cs1)C(C)C. The minimum Gasteiger partial charge on any atom is -0.481 e. The van der Waals surface area contributed by atoms with Crippen LogP contribution in [0.15, 0.2) is 29.6 Å². The summed E-state index contributed by atoms with van der Waals surface area (Å²) < 4.78 is 13.6. The number of rotatable bonds is 16. The van der Waals surface area contributed by atoms with Crippen LogP contribution in [0.5, 0.6) is 0 Å². The van der Waals surface area contributed by atoms with E-state index in [1.807, 2.05) is 39.6 Å². The Morgan fingerprint density at radius 2 is 1.82 bits per heavy atom. The maximum atomic E-state index is 14.0. The lowest BCUT2D eigenvalue weighted by molar-refractivity contribution is -0.141. The molecule has 13 heteroatoms.